The topological polar surface area (TPSA) is 46.6 Å². The molecule has 0 saturated carbocycles. The maximum absolute atomic E-state index is 5.60. The van der Waals surface area contributed by atoms with Crippen LogP contribution >= 0.6 is 12.2 Å². The van der Waals surface area contributed by atoms with Crippen LogP contribution < -0.4 is 10.6 Å². The van der Waals surface area contributed by atoms with Crippen molar-refractivity contribution in [2.45, 2.75) is 26.3 Å². The van der Waals surface area contributed by atoms with Gasteiger partial charge in [0.25, 0.3) is 0 Å². The van der Waals surface area contributed by atoms with E-state index in [0.29, 0.717) is 11.0 Å². The molecule has 0 amide bonds. The molecular formula is C13H18N4S. The Labute approximate surface area is 112 Å². The number of nitrogens with two attached hydrogens (primary N) is 1. The third kappa shape index (κ3) is 2.61. The van der Waals surface area contributed by atoms with Crippen LogP contribution in [-0.2, 0) is 0 Å². The Bertz CT molecular complexity index is 547. The number of nitrogens with zero attached hydrogens (tertiary/aromatic N) is 3. The smallest absolute Gasteiger partial charge is 0.138 e. The molecule has 0 spiro atoms. The van der Waals surface area contributed by atoms with Crippen molar-refractivity contribution >= 4 is 28.7 Å². The van der Waals surface area contributed by atoms with Gasteiger partial charge in [-0.05, 0) is 26.0 Å². The SMILES string of the molecule is CC(C)N(CCC(N)=S)c1cccc2nccn12. The van der Waals surface area contributed by atoms with Gasteiger partial charge >= 0.3 is 0 Å². The molecule has 2 aromatic heterocycles. The lowest BCUT2D eigenvalue weighted by Gasteiger charge is -2.29. The van der Waals surface area contributed by atoms with E-state index in [1.54, 1.807) is 0 Å². The van der Waals surface area contributed by atoms with Gasteiger partial charge in [0.15, 0.2) is 0 Å². The van der Waals surface area contributed by atoms with Crippen LogP contribution in [0.15, 0.2) is 30.6 Å². The van der Waals surface area contributed by atoms with E-state index in [1.807, 2.05) is 24.5 Å². The molecule has 0 unspecified atom stereocenters. The minimum Gasteiger partial charge on any atom is -0.393 e. The van der Waals surface area contributed by atoms with Crippen molar-refractivity contribution in [3.05, 3.63) is 30.6 Å². The van der Waals surface area contributed by atoms with Crippen LogP contribution in [0.1, 0.15) is 20.3 Å². The summed E-state index contributed by atoms with van der Waals surface area (Å²) in [6, 6.07) is 6.49. The van der Waals surface area contributed by atoms with Gasteiger partial charge in [0.2, 0.25) is 0 Å². The van der Waals surface area contributed by atoms with Crippen LogP contribution in [0, 0.1) is 0 Å². The van der Waals surface area contributed by atoms with Crippen LogP contribution in [-0.4, -0.2) is 27.0 Å². The van der Waals surface area contributed by atoms with Gasteiger partial charge in [-0.25, -0.2) is 4.98 Å². The number of thiocarbonyl (C=S) groups is 1. The van der Waals surface area contributed by atoms with E-state index in [0.717, 1.165) is 24.4 Å². The minimum absolute atomic E-state index is 0.382. The summed E-state index contributed by atoms with van der Waals surface area (Å²) in [5, 5.41) is 0. The molecule has 2 aromatic rings. The minimum atomic E-state index is 0.382. The molecular weight excluding hydrogens is 244 g/mol. The number of hydrogen-bond acceptors (Lipinski definition) is 3. The molecule has 0 aromatic carbocycles. The summed E-state index contributed by atoms with van der Waals surface area (Å²) in [5.74, 6) is 1.12. The third-order valence-corrected chi connectivity index (χ3v) is 3.13. The average molecular weight is 262 g/mol. The van der Waals surface area contributed by atoms with Crippen molar-refractivity contribution in [3.8, 4) is 0 Å². The van der Waals surface area contributed by atoms with Crippen LogP contribution in [0.2, 0.25) is 0 Å². The number of imidazole rings is 1. The second-order valence-electron chi connectivity index (χ2n) is 4.54. The molecule has 0 aliphatic heterocycles. The van der Waals surface area contributed by atoms with Gasteiger partial charge in [-0.3, -0.25) is 4.40 Å². The van der Waals surface area contributed by atoms with E-state index in [-0.39, 0.29) is 0 Å². The van der Waals surface area contributed by atoms with Crippen molar-refractivity contribution in [1.82, 2.24) is 9.38 Å². The van der Waals surface area contributed by atoms with Crippen LogP contribution in [0.4, 0.5) is 5.82 Å². The van der Waals surface area contributed by atoms with Gasteiger partial charge in [0.05, 0.1) is 4.99 Å². The number of rotatable bonds is 5. The lowest BCUT2D eigenvalue weighted by Crippen LogP contribution is -2.34. The fraction of sp³-hybridized carbons (Fsp3) is 0.385. The Morgan fingerprint density at radius 2 is 2.28 bits per heavy atom. The normalized spacial score (nSPS) is 11.1. The van der Waals surface area contributed by atoms with E-state index in [9.17, 15) is 0 Å². The van der Waals surface area contributed by atoms with E-state index < -0.39 is 0 Å². The van der Waals surface area contributed by atoms with E-state index >= 15 is 0 Å². The predicted octanol–water partition coefficient (Wildman–Crippen LogP) is 2.23. The summed E-state index contributed by atoms with van der Waals surface area (Å²) < 4.78 is 2.08. The molecule has 0 aliphatic rings. The van der Waals surface area contributed by atoms with Gasteiger partial charge < -0.3 is 10.6 Å². The fourth-order valence-corrected chi connectivity index (χ4v) is 2.13. The molecule has 0 radical (unpaired) electrons. The zero-order valence-electron chi connectivity index (χ0n) is 10.7. The average Bonchev–Trinajstić information content (AvgIpc) is 2.77. The summed E-state index contributed by atoms with van der Waals surface area (Å²) in [6.45, 7) is 5.15. The number of pyridine rings is 1. The number of anilines is 1. The Morgan fingerprint density at radius 1 is 1.50 bits per heavy atom. The third-order valence-electron chi connectivity index (χ3n) is 2.92. The Morgan fingerprint density at radius 3 is 2.94 bits per heavy atom. The molecule has 2 heterocycles. The molecule has 18 heavy (non-hydrogen) atoms. The zero-order valence-corrected chi connectivity index (χ0v) is 11.5. The summed E-state index contributed by atoms with van der Waals surface area (Å²) in [5.41, 5.74) is 6.55. The number of fused-ring (bicyclic) bond motifs is 1. The molecule has 0 aliphatic carbocycles. The molecule has 0 bridgehead atoms. The quantitative estimate of drug-likeness (QED) is 0.839. The zero-order chi connectivity index (χ0) is 13.1. The fourth-order valence-electron chi connectivity index (χ4n) is 2.03. The largest absolute Gasteiger partial charge is 0.393 e. The molecule has 0 fully saturated rings. The first kappa shape index (κ1) is 12.8. The highest BCUT2D eigenvalue weighted by Crippen LogP contribution is 2.19. The van der Waals surface area contributed by atoms with Crippen LogP contribution in [0.3, 0.4) is 0 Å². The summed E-state index contributed by atoms with van der Waals surface area (Å²) in [4.78, 5) is 7.14. The van der Waals surface area contributed by atoms with Gasteiger partial charge in [-0.1, -0.05) is 18.3 Å². The van der Waals surface area contributed by atoms with E-state index in [2.05, 4.69) is 34.2 Å². The molecule has 2 rings (SSSR count). The molecule has 96 valence electrons. The Balaban J connectivity index is 2.35. The first-order valence-corrected chi connectivity index (χ1v) is 6.47. The van der Waals surface area contributed by atoms with Crippen molar-refractivity contribution in [2.75, 3.05) is 11.4 Å². The van der Waals surface area contributed by atoms with Gasteiger partial charge in [-0.15, -0.1) is 0 Å². The lowest BCUT2D eigenvalue weighted by atomic mass is 10.2. The summed E-state index contributed by atoms with van der Waals surface area (Å²) in [7, 11) is 0. The second kappa shape index (κ2) is 5.35. The molecule has 0 saturated heterocycles. The molecule has 2 N–H and O–H groups in total. The monoisotopic (exact) mass is 262 g/mol. The first-order chi connectivity index (χ1) is 8.59. The Kier molecular flexibility index (Phi) is 3.81. The second-order valence-corrected chi connectivity index (χ2v) is 5.07. The van der Waals surface area contributed by atoms with Gasteiger partial charge in [-0.2, -0.15) is 0 Å². The van der Waals surface area contributed by atoms with Crippen LogP contribution in [0.5, 0.6) is 0 Å². The van der Waals surface area contributed by atoms with Crippen molar-refractivity contribution in [1.29, 1.82) is 0 Å². The van der Waals surface area contributed by atoms with Gasteiger partial charge in [0.1, 0.15) is 11.5 Å². The van der Waals surface area contributed by atoms with Crippen LogP contribution in [0.25, 0.3) is 5.65 Å². The first-order valence-electron chi connectivity index (χ1n) is 6.06. The Hall–Kier alpha value is -1.62. The maximum atomic E-state index is 5.60. The number of aromatic nitrogens is 2. The highest BCUT2D eigenvalue weighted by atomic mass is 32.1. The van der Waals surface area contributed by atoms with E-state index in [4.69, 9.17) is 18.0 Å². The van der Waals surface area contributed by atoms with Crippen molar-refractivity contribution < 1.29 is 0 Å². The molecule has 5 heteroatoms. The van der Waals surface area contributed by atoms with Crippen molar-refractivity contribution in [2.24, 2.45) is 5.73 Å². The summed E-state index contributed by atoms with van der Waals surface area (Å²) in [6.07, 6.45) is 4.50. The molecule has 4 nitrogen and oxygen atoms in total. The van der Waals surface area contributed by atoms with E-state index in [1.165, 1.54) is 0 Å². The maximum Gasteiger partial charge on any atom is 0.138 e. The summed E-state index contributed by atoms with van der Waals surface area (Å²) >= 11 is 4.96. The lowest BCUT2D eigenvalue weighted by molar-refractivity contribution is 0.677. The predicted molar refractivity (Wildman–Crippen MR) is 79.1 cm³/mol. The highest BCUT2D eigenvalue weighted by molar-refractivity contribution is 7.80. The highest BCUT2D eigenvalue weighted by Gasteiger charge is 2.13. The molecule has 0 atom stereocenters. The van der Waals surface area contributed by atoms with Gasteiger partial charge in [0, 0.05) is 31.4 Å². The standard InChI is InChI=1S/C13H18N4S/c1-10(2)16(8-6-11(14)18)13-5-3-4-12-15-7-9-17(12)13/h3-5,7,9-10H,6,8H2,1-2H3,(H2,14,18). The van der Waals surface area contributed by atoms with Crippen molar-refractivity contribution in [3.63, 3.8) is 0 Å². The number of hydrogen-bond donors (Lipinski definition) is 1.